The third-order valence-corrected chi connectivity index (χ3v) is 4.27. The van der Waals surface area contributed by atoms with Gasteiger partial charge in [0.2, 0.25) is 11.8 Å². The molecule has 1 aromatic carbocycles. The van der Waals surface area contributed by atoms with E-state index in [0.717, 1.165) is 17.1 Å². The first-order chi connectivity index (χ1) is 11.4. The maximum absolute atomic E-state index is 13.0. The minimum absolute atomic E-state index is 0.135. The highest BCUT2D eigenvalue weighted by Crippen LogP contribution is 2.23. The van der Waals surface area contributed by atoms with Gasteiger partial charge in [-0.1, -0.05) is 20.8 Å². The summed E-state index contributed by atoms with van der Waals surface area (Å²) in [4.78, 5) is 0. The average Bonchev–Trinajstić information content (AvgIpc) is 3.17. The number of aromatic nitrogens is 4. The van der Waals surface area contributed by atoms with Crippen LogP contribution in [-0.2, 0) is 16.9 Å². The quantitative estimate of drug-likeness (QED) is 0.695. The summed E-state index contributed by atoms with van der Waals surface area (Å²) in [5.41, 5.74) is 1.64. The first-order valence-electron chi connectivity index (χ1n) is 7.63. The fourth-order valence-electron chi connectivity index (χ4n) is 2.03. The van der Waals surface area contributed by atoms with Crippen LogP contribution >= 0.6 is 11.8 Å². The lowest BCUT2D eigenvalue weighted by Gasteiger charge is -2.10. The summed E-state index contributed by atoms with van der Waals surface area (Å²) in [5.74, 6) is 2.41. The van der Waals surface area contributed by atoms with Gasteiger partial charge in [-0.05, 0) is 30.3 Å². The van der Waals surface area contributed by atoms with Crippen LogP contribution in [-0.4, -0.2) is 20.0 Å². The van der Waals surface area contributed by atoms with Gasteiger partial charge in [0.25, 0.3) is 0 Å². The molecule has 0 bridgehead atoms. The molecule has 0 atom stereocenters. The van der Waals surface area contributed by atoms with Crippen molar-refractivity contribution in [2.75, 3.05) is 0 Å². The molecule has 0 unspecified atom stereocenters. The van der Waals surface area contributed by atoms with Crippen molar-refractivity contribution < 1.29 is 8.81 Å². The Labute approximate surface area is 144 Å². The van der Waals surface area contributed by atoms with Crippen LogP contribution in [0, 0.1) is 5.82 Å². The smallest absolute Gasteiger partial charge is 0.226 e. The topological polar surface area (TPSA) is 56.7 Å². The van der Waals surface area contributed by atoms with Gasteiger partial charge >= 0.3 is 0 Å². The van der Waals surface area contributed by atoms with Crippen LogP contribution in [0.25, 0.3) is 5.69 Å². The molecule has 0 saturated carbocycles. The Kier molecular flexibility index (Phi) is 4.71. The van der Waals surface area contributed by atoms with Gasteiger partial charge in [-0.25, -0.2) is 9.07 Å². The van der Waals surface area contributed by atoms with Crippen molar-refractivity contribution in [2.45, 2.75) is 37.7 Å². The zero-order valence-corrected chi connectivity index (χ0v) is 14.7. The molecule has 0 radical (unpaired) electrons. The van der Waals surface area contributed by atoms with E-state index in [9.17, 15) is 4.39 Å². The molecule has 0 saturated heterocycles. The van der Waals surface area contributed by atoms with Gasteiger partial charge in [0.15, 0.2) is 0 Å². The molecule has 7 heteroatoms. The number of nitrogens with zero attached hydrogens (tertiary/aromatic N) is 4. The molecular weight excluding hydrogens is 327 g/mol. The van der Waals surface area contributed by atoms with Crippen LogP contribution in [0.4, 0.5) is 4.39 Å². The van der Waals surface area contributed by atoms with E-state index in [2.05, 4.69) is 15.3 Å². The Balaban J connectivity index is 1.56. The summed E-state index contributed by atoms with van der Waals surface area (Å²) in [6.45, 7) is 6.12. The number of hydrogen-bond donors (Lipinski definition) is 0. The SMILES string of the molecule is CC(C)(C)c1nnc(CSCc2ccn(-c3ccc(F)cc3)n2)o1. The summed E-state index contributed by atoms with van der Waals surface area (Å²) in [6.07, 6.45) is 1.87. The van der Waals surface area contributed by atoms with Gasteiger partial charge in [-0.2, -0.15) is 5.10 Å². The summed E-state index contributed by atoms with van der Waals surface area (Å²) in [5, 5.41) is 12.7. The maximum atomic E-state index is 13.0. The van der Waals surface area contributed by atoms with Crippen molar-refractivity contribution >= 4 is 11.8 Å². The van der Waals surface area contributed by atoms with Crippen molar-refractivity contribution in [3.63, 3.8) is 0 Å². The highest BCUT2D eigenvalue weighted by molar-refractivity contribution is 7.97. The lowest BCUT2D eigenvalue weighted by molar-refractivity contribution is 0.378. The molecule has 0 spiro atoms. The second-order valence-electron chi connectivity index (χ2n) is 6.47. The highest BCUT2D eigenvalue weighted by atomic mass is 32.2. The lowest BCUT2D eigenvalue weighted by atomic mass is 9.97. The fraction of sp³-hybridized carbons (Fsp3) is 0.353. The van der Waals surface area contributed by atoms with E-state index in [1.54, 1.807) is 28.6 Å². The van der Waals surface area contributed by atoms with Crippen molar-refractivity contribution in [1.82, 2.24) is 20.0 Å². The third kappa shape index (κ3) is 4.03. The Bertz CT molecular complexity index is 805. The molecular formula is C17H19FN4OS. The van der Waals surface area contributed by atoms with Gasteiger partial charge in [-0.15, -0.1) is 22.0 Å². The first-order valence-corrected chi connectivity index (χ1v) is 8.78. The third-order valence-electron chi connectivity index (χ3n) is 3.32. The minimum atomic E-state index is -0.254. The number of benzene rings is 1. The predicted octanol–water partition coefficient (Wildman–Crippen LogP) is 4.13. The molecule has 5 nitrogen and oxygen atoms in total. The van der Waals surface area contributed by atoms with E-state index >= 15 is 0 Å². The first kappa shape index (κ1) is 16.7. The van der Waals surface area contributed by atoms with E-state index < -0.39 is 0 Å². The second-order valence-corrected chi connectivity index (χ2v) is 7.46. The lowest BCUT2D eigenvalue weighted by Crippen LogP contribution is -2.11. The Morgan fingerprint density at radius 3 is 2.50 bits per heavy atom. The van der Waals surface area contributed by atoms with Gasteiger partial charge in [0.05, 0.1) is 17.1 Å². The Hall–Kier alpha value is -2.15. The summed E-state index contributed by atoms with van der Waals surface area (Å²) >= 11 is 1.66. The van der Waals surface area contributed by atoms with Crippen LogP contribution < -0.4 is 0 Å². The van der Waals surface area contributed by atoms with Gasteiger partial charge < -0.3 is 4.42 Å². The van der Waals surface area contributed by atoms with Crippen LogP contribution in [0.2, 0.25) is 0 Å². The van der Waals surface area contributed by atoms with E-state index in [4.69, 9.17) is 4.42 Å². The molecule has 3 rings (SSSR count). The second kappa shape index (κ2) is 6.76. The molecule has 2 heterocycles. The monoisotopic (exact) mass is 346 g/mol. The number of rotatable bonds is 5. The van der Waals surface area contributed by atoms with Crippen molar-refractivity contribution in [3.05, 3.63) is 59.8 Å². The number of hydrogen-bond acceptors (Lipinski definition) is 5. The van der Waals surface area contributed by atoms with Gasteiger partial charge in [-0.3, -0.25) is 0 Å². The fourth-order valence-corrected chi connectivity index (χ4v) is 2.79. The van der Waals surface area contributed by atoms with Crippen LogP contribution in [0.3, 0.4) is 0 Å². The molecule has 3 aromatic rings. The molecule has 0 aliphatic heterocycles. The molecule has 0 aliphatic carbocycles. The minimum Gasteiger partial charge on any atom is -0.424 e. The molecule has 126 valence electrons. The molecule has 24 heavy (non-hydrogen) atoms. The molecule has 0 fully saturated rings. The summed E-state index contributed by atoms with van der Waals surface area (Å²) < 4.78 is 20.4. The van der Waals surface area contributed by atoms with Gasteiger partial charge in [0.1, 0.15) is 5.82 Å². The van der Waals surface area contributed by atoms with Gasteiger partial charge in [0, 0.05) is 17.4 Å². The van der Waals surface area contributed by atoms with Crippen molar-refractivity contribution in [2.24, 2.45) is 0 Å². The molecule has 2 aromatic heterocycles. The van der Waals surface area contributed by atoms with Crippen LogP contribution in [0.5, 0.6) is 0 Å². The summed E-state index contributed by atoms with van der Waals surface area (Å²) in [6, 6.07) is 8.20. The van der Waals surface area contributed by atoms with Crippen molar-refractivity contribution in [1.29, 1.82) is 0 Å². The standard InChI is InChI=1S/C17H19FN4OS/c1-17(2,3)16-20-19-15(23-16)11-24-10-13-8-9-22(21-13)14-6-4-12(18)5-7-14/h4-9H,10-11H2,1-3H3. The normalized spacial score (nSPS) is 11.8. The number of halogens is 1. The highest BCUT2D eigenvalue weighted by Gasteiger charge is 2.21. The van der Waals surface area contributed by atoms with E-state index in [1.165, 1.54) is 12.1 Å². The summed E-state index contributed by atoms with van der Waals surface area (Å²) in [7, 11) is 0. The largest absolute Gasteiger partial charge is 0.424 e. The van der Waals surface area contributed by atoms with Crippen molar-refractivity contribution in [3.8, 4) is 5.69 Å². The molecule has 0 amide bonds. The molecule has 0 N–H and O–H groups in total. The van der Waals surface area contributed by atoms with E-state index in [1.807, 2.05) is 33.0 Å². The predicted molar refractivity (Wildman–Crippen MR) is 91.5 cm³/mol. The Morgan fingerprint density at radius 2 is 1.83 bits per heavy atom. The zero-order valence-electron chi connectivity index (χ0n) is 13.9. The molecule has 0 aliphatic rings. The zero-order chi connectivity index (χ0) is 17.2. The number of thioether (sulfide) groups is 1. The van der Waals surface area contributed by atoms with Crippen LogP contribution in [0.15, 0.2) is 40.9 Å². The van der Waals surface area contributed by atoms with E-state index in [0.29, 0.717) is 17.5 Å². The van der Waals surface area contributed by atoms with Crippen LogP contribution in [0.1, 0.15) is 38.2 Å². The Morgan fingerprint density at radius 1 is 1.08 bits per heavy atom. The van der Waals surface area contributed by atoms with E-state index in [-0.39, 0.29) is 11.2 Å². The maximum Gasteiger partial charge on any atom is 0.226 e. The average molecular weight is 346 g/mol.